The zero-order valence-electron chi connectivity index (χ0n) is 13.8. The third kappa shape index (κ3) is 2.89. The number of H-pyrrole nitrogens is 1. The molecule has 5 heteroatoms. The Morgan fingerprint density at radius 1 is 1.25 bits per heavy atom. The summed E-state index contributed by atoms with van der Waals surface area (Å²) in [4.78, 5) is 2.41. The molecule has 0 aliphatic carbocycles. The molecule has 2 N–H and O–H groups in total. The molecule has 1 unspecified atom stereocenters. The Morgan fingerprint density at radius 2 is 2.17 bits per heavy atom. The van der Waals surface area contributed by atoms with Crippen LogP contribution in [-0.2, 0) is 0 Å². The molecule has 1 saturated heterocycles. The molecule has 5 nitrogen and oxygen atoms in total. The summed E-state index contributed by atoms with van der Waals surface area (Å²) >= 11 is 0. The topological polar surface area (TPSA) is 53.2 Å². The van der Waals surface area contributed by atoms with Gasteiger partial charge in [0, 0.05) is 30.2 Å². The van der Waals surface area contributed by atoms with E-state index in [1.807, 2.05) is 18.3 Å². The fourth-order valence-corrected chi connectivity index (χ4v) is 3.47. The van der Waals surface area contributed by atoms with Gasteiger partial charge in [-0.1, -0.05) is 12.1 Å². The summed E-state index contributed by atoms with van der Waals surface area (Å²) in [6, 6.07) is 15.0. The van der Waals surface area contributed by atoms with Crippen molar-refractivity contribution in [1.82, 2.24) is 10.2 Å². The van der Waals surface area contributed by atoms with Gasteiger partial charge in [0.2, 0.25) is 0 Å². The number of fused-ring (bicyclic) bond motifs is 1. The number of nitrogens with zero attached hydrogens (tertiary/aromatic N) is 2. The first kappa shape index (κ1) is 14.9. The van der Waals surface area contributed by atoms with Gasteiger partial charge < -0.3 is 15.0 Å². The van der Waals surface area contributed by atoms with Crippen molar-refractivity contribution in [3.8, 4) is 5.75 Å². The maximum Gasteiger partial charge on any atom is 0.142 e. The molecule has 1 fully saturated rings. The van der Waals surface area contributed by atoms with Gasteiger partial charge in [-0.25, -0.2) is 0 Å². The maximum atomic E-state index is 5.52. The van der Waals surface area contributed by atoms with Crippen LogP contribution in [-0.4, -0.2) is 36.4 Å². The van der Waals surface area contributed by atoms with Crippen molar-refractivity contribution >= 4 is 22.3 Å². The lowest BCUT2D eigenvalue weighted by molar-refractivity contribution is 0.411. The van der Waals surface area contributed by atoms with E-state index in [1.54, 1.807) is 7.11 Å². The van der Waals surface area contributed by atoms with Crippen molar-refractivity contribution in [2.75, 3.05) is 30.4 Å². The Labute approximate surface area is 141 Å². The summed E-state index contributed by atoms with van der Waals surface area (Å²) < 4.78 is 5.52. The van der Waals surface area contributed by atoms with Crippen molar-refractivity contribution in [2.24, 2.45) is 0 Å². The molecule has 1 aliphatic rings. The predicted molar refractivity (Wildman–Crippen MR) is 97.9 cm³/mol. The highest BCUT2D eigenvalue weighted by molar-refractivity contribution is 5.81. The smallest absolute Gasteiger partial charge is 0.142 e. The summed E-state index contributed by atoms with van der Waals surface area (Å²) in [5.41, 5.74) is 3.40. The molecule has 3 aromatic rings. The van der Waals surface area contributed by atoms with Gasteiger partial charge in [-0.2, -0.15) is 5.10 Å². The Kier molecular flexibility index (Phi) is 3.99. The van der Waals surface area contributed by atoms with Crippen LogP contribution in [0.2, 0.25) is 0 Å². The highest BCUT2D eigenvalue weighted by Gasteiger charge is 2.22. The zero-order chi connectivity index (χ0) is 16.4. The van der Waals surface area contributed by atoms with Crippen LogP contribution in [0.5, 0.6) is 5.75 Å². The summed E-state index contributed by atoms with van der Waals surface area (Å²) in [5.74, 6) is 0.943. The van der Waals surface area contributed by atoms with E-state index in [2.05, 4.69) is 50.7 Å². The fraction of sp³-hybridized carbons (Fsp3) is 0.316. The first-order valence-corrected chi connectivity index (χ1v) is 8.41. The van der Waals surface area contributed by atoms with Gasteiger partial charge in [0.1, 0.15) is 5.75 Å². The molecule has 1 atom stereocenters. The summed E-state index contributed by atoms with van der Waals surface area (Å²) in [5, 5.41) is 11.9. The van der Waals surface area contributed by atoms with E-state index in [4.69, 9.17) is 4.74 Å². The minimum Gasteiger partial charge on any atom is -0.495 e. The van der Waals surface area contributed by atoms with E-state index in [-0.39, 0.29) is 0 Å². The molecule has 0 bridgehead atoms. The van der Waals surface area contributed by atoms with E-state index < -0.39 is 0 Å². The summed E-state index contributed by atoms with van der Waals surface area (Å²) in [6.45, 7) is 2.04. The monoisotopic (exact) mass is 322 g/mol. The molecule has 124 valence electrons. The first-order chi connectivity index (χ1) is 11.8. The zero-order valence-corrected chi connectivity index (χ0v) is 13.8. The van der Waals surface area contributed by atoms with Crippen LogP contribution in [0.4, 0.5) is 11.4 Å². The fourth-order valence-electron chi connectivity index (χ4n) is 3.47. The molecule has 1 aliphatic heterocycles. The first-order valence-electron chi connectivity index (χ1n) is 8.41. The van der Waals surface area contributed by atoms with E-state index >= 15 is 0 Å². The van der Waals surface area contributed by atoms with Crippen LogP contribution in [0.15, 0.2) is 48.7 Å². The Morgan fingerprint density at radius 3 is 3.08 bits per heavy atom. The standard InChI is InChI=1S/C19H22N4O/c1-24-19-7-3-2-6-18(19)23-10-4-5-16(13-23)21-15-8-9-17-14(11-15)12-20-22-17/h2-3,6-9,11-12,16,21H,4-5,10,13H2,1H3,(H,20,22). The second-order valence-corrected chi connectivity index (χ2v) is 6.27. The Balaban J connectivity index is 1.50. The molecular formula is C19H22N4O. The lowest BCUT2D eigenvalue weighted by Crippen LogP contribution is -2.42. The molecule has 1 aromatic heterocycles. The van der Waals surface area contributed by atoms with E-state index in [9.17, 15) is 0 Å². The number of aromatic nitrogens is 2. The number of benzene rings is 2. The van der Waals surface area contributed by atoms with Crippen molar-refractivity contribution in [2.45, 2.75) is 18.9 Å². The minimum atomic E-state index is 0.424. The highest BCUT2D eigenvalue weighted by atomic mass is 16.5. The number of methoxy groups -OCH3 is 1. The Hall–Kier alpha value is -2.69. The van der Waals surface area contributed by atoms with Gasteiger partial charge in [0.25, 0.3) is 0 Å². The van der Waals surface area contributed by atoms with Crippen molar-refractivity contribution < 1.29 is 4.74 Å². The average molecular weight is 322 g/mol. The van der Waals surface area contributed by atoms with Crippen LogP contribution in [0.3, 0.4) is 0 Å². The normalized spacial score (nSPS) is 17.9. The van der Waals surface area contributed by atoms with Gasteiger partial charge in [-0.15, -0.1) is 0 Å². The second-order valence-electron chi connectivity index (χ2n) is 6.27. The quantitative estimate of drug-likeness (QED) is 0.770. The third-order valence-electron chi connectivity index (χ3n) is 4.66. The molecular weight excluding hydrogens is 300 g/mol. The largest absolute Gasteiger partial charge is 0.495 e. The number of anilines is 2. The van der Waals surface area contributed by atoms with Crippen LogP contribution in [0.1, 0.15) is 12.8 Å². The summed E-state index contributed by atoms with van der Waals surface area (Å²) in [6.07, 6.45) is 4.21. The van der Waals surface area contributed by atoms with Crippen molar-refractivity contribution in [1.29, 1.82) is 0 Å². The number of hydrogen-bond acceptors (Lipinski definition) is 4. The highest BCUT2D eigenvalue weighted by Crippen LogP contribution is 2.30. The number of aromatic amines is 1. The molecule has 2 aromatic carbocycles. The predicted octanol–water partition coefficient (Wildman–Crippen LogP) is 3.65. The molecule has 4 rings (SSSR count). The number of piperidine rings is 1. The van der Waals surface area contributed by atoms with Gasteiger partial charge in [0.15, 0.2) is 0 Å². The second kappa shape index (κ2) is 6.43. The Bertz CT molecular complexity index is 829. The van der Waals surface area contributed by atoms with Crippen LogP contribution in [0.25, 0.3) is 10.9 Å². The van der Waals surface area contributed by atoms with Crippen molar-refractivity contribution in [3.63, 3.8) is 0 Å². The van der Waals surface area contributed by atoms with Crippen LogP contribution >= 0.6 is 0 Å². The maximum absolute atomic E-state index is 5.52. The SMILES string of the molecule is COc1ccccc1N1CCCC(Nc2ccc3[nH]ncc3c2)C1. The number of ether oxygens (including phenoxy) is 1. The van der Waals surface area contributed by atoms with Gasteiger partial charge >= 0.3 is 0 Å². The lowest BCUT2D eigenvalue weighted by atomic mass is 10.0. The average Bonchev–Trinajstić information content (AvgIpc) is 3.10. The molecule has 0 spiro atoms. The van der Waals surface area contributed by atoms with E-state index in [1.165, 1.54) is 18.5 Å². The van der Waals surface area contributed by atoms with E-state index in [0.29, 0.717) is 6.04 Å². The lowest BCUT2D eigenvalue weighted by Gasteiger charge is -2.35. The van der Waals surface area contributed by atoms with E-state index in [0.717, 1.165) is 35.4 Å². The molecule has 24 heavy (non-hydrogen) atoms. The number of rotatable bonds is 4. The van der Waals surface area contributed by atoms with Gasteiger partial charge in [0.05, 0.1) is 24.5 Å². The molecule has 0 saturated carbocycles. The molecule has 2 heterocycles. The number of nitrogens with one attached hydrogen (secondary N) is 2. The summed E-state index contributed by atoms with van der Waals surface area (Å²) in [7, 11) is 1.73. The third-order valence-corrected chi connectivity index (χ3v) is 4.66. The van der Waals surface area contributed by atoms with Crippen LogP contribution in [0, 0.1) is 0 Å². The number of para-hydroxylation sites is 2. The van der Waals surface area contributed by atoms with Crippen LogP contribution < -0.4 is 15.0 Å². The van der Waals surface area contributed by atoms with Gasteiger partial charge in [-0.3, -0.25) is 5.10 Å². The van der Waals surface area contributed by atoms with Gasteiger partial charge in [-0.05, 0) is 43.2 Å². The minimum absolute atomic E-state index is 0.424. The number of hydrogen-bond donors (Lipinski definition) is 2. The van der Waals surface area contributed by atoms with Crippen molar-refractivity contribution in [3.05, 3.63) is 48.7 Å². The molecule has 0 amide bonds. The molecule has 0 radical (unpaired) electrons.